The summed E-state index contributed by atoms with van der Waals surface area (Å²) in [5.41, 5.74) is 0.729. The van der Waals surface area contributed by atoms with Gasteiger partial charge < -0.3 is 4.57 Å². The standard InChI is InChI=1S/C14H15N5O2/c1-2-7-18-13(15-10-16-18)9-17-8-6-11-4-3-5-12(14(11)17)19(20)21/h3-6,8,10H,2,7,9H2,1H3. The van der Waals surface area contributed by atoms with Crippen LogP contribution in [0.25, 0.3) is 10.9 Å². The quantitative estimate of drug-likeness (QED) is 0.533. The Labute approximate surface area is 121 Å². The molecule has 0 aliphatic heterocycles. The summed E-state index contributed by atoms with van der Waals surface area (Å²) in [5.74, 6) is 0.799. The van der Waals surface area contributed by atoms with E-state index >= 15 is 0 Å². The van der Waals surface area contributed by atoms with Crippen LogP contribution in [-0.2, 0) is 13.1 Å². The Morgan fingerprint density at radius 3 is 2.95 bits per heavy atom. The number of aryl methyl sites for hydroxylation is 1. The van der Waals surface area contributed by atoms with Crippen molar-refractivity contribution in [2.45, 2.75) is 26.4 Å². The highest BCUT2D eigenvalue weighted by Crippen LogP contribution is 2.26. The molecular weight excluding hydrogens is 270 g/mol. The minimum Gasteiger partial charge on any atom is -0.334 e. The Kier molecular flexibility index (Phi) is 3.39. The number of hydrogen-bond acceptors (Lipinski definition) is 4. The van der Waals surface area contributed by atoms with Crippen LogP contribution < -0.4 is 0 Å². The molecule has 0 N–H and O–H groups in total. The normalized spacial score (nSPS) is 11.1. The first-order valence-electron chi connectivity index (χ1n) is 6.79. The Balaban J connectivity index is 2.05. The lowest BCUT2D eigenvalue weighted by atomic mass is 10.2. The van der Waals surface area contributed by atoms with Crippen molar-refractivity contribution in [2.24, 2.45) is 0 Å². The molecule has 0 saturated carbocycles. The van der Waals surface area contributed by atoms with Crippen LogP contribution in [0.3, 0.4) is 0 Å². The fourth-order valence-electron chi connectivity index (χ4n) is 2.48. The molecule has 3 rings (SSSR count). The van der Waals surface area contributed by atoms with Gasteiger partial charge in [0.05, 0.1) is 11.5 Å². The monoisotopic (exact) mass is 285 g/mol. The molecule has 108 valence electrons. The van der Waals surface area contributed by atoms with E-state index in [4.69, 9.17) is 0 Å². The van der Waals surface area contributed by atoms with Crippen LogP contribution >= 0.6 is 0 Å². The number of benzene rings is 1. The summed E-state index contributed by atoms with van der Waals surface area (Å²) in [6.07, 6.45) is 4.33. The predicted octanol–water partition coefficient (Wildman–Crippen LogP) is 2.60. The molecule has 7 heteroatoms. The van der Waals surface area contributed by atoms with E-state index in [0.717, 1.165) is 24.2 Å². The third-order valence-corrected chi connectivity index (χ3v) is 3.41. The SMILES string of the molecule is CCCn1ncnc1Cn1ccc2cccc([N+](=O)[O-])c21. The summed E-state index contributed by atoms with van der Waals surface area (Å²) in [4.78, 5) is 15.1. The average molecular weight is 285 g/mol. The minimum absolute atomic E-state index is 0.110. The fourth-order valence-corrected chi connectivity index (χ4v) is 2.48. The summed E-state index contributed by atoms with van der Waals surface area (Å²) in [6, 6.07) is 6.97. The second-order valence-corrected chi connectivity index (χ2v) is 4.82. The molecule has 0 fully saturated rings. The van der Waals surface area contributed by atoms with E-state index in [-0.39, 0.29) is 10.6 Å². The number of fused-ring (bicyclic) bond motifs is 1. The lowest BCUT2D eigenvalue weighted by Crippen LogP contribution is -2.10. The third kappa shape index (κ3) is 2.37. The van der Waals surface area contributed by atoms with Gasteiger partial charge in [0.25, 0.3) is 5.69 Å². The van der Waals surface area contributed by atoms with Crippen molar-refractivity contribution in [2.75, 3.05) is 0 Å². The van der Waals surface area contributed by atoms with E-state index in [1.54, 1.807) is 6.07 Å². The van der Waals surface area contributed by atoms with Crippen molar-refractivity contribution in [3.8, 4) is 0 Å². The number of rotatable bonds is 5. The van der Waals surface area contributed by atoms with Gasteiger partial charge in [-0.05, 0) is 12.5 Å². The van der Waals surface area contributed by atoms with Crippen LogP contribution in [0.15, 0.2) is 36.8 Å². The molecule has 0 bridgehead atoms. The number of para-hydroxylation sites is 1. The highest BCUT2D eigenvalue weighted by atomic mass is 16.6. The van der Waals surface area contributed by atoms with Gasteiger partial charge in [-0.3, -0.25) is 10.1 Å². The molecule has 0 spiro atoms. The maximum Gasteiger partial charge on any atom is 0.293 e. The Hall–Kier alpha value is -2.70. The number of hydrogen-bond donors (Lipinski definition) is 0. The van der Waals surface area contributed by atoms with Gasteiger partial charge in [-0.25, -0.2) is 9.67 Å². The number of non-ortho nitro benzene ring substituents is 1. The molecule has 0 radical (unpaired) electrons. The Morgan fingerprint density at radius 2 is 2.19 bits per heavy atom. The van der Waals surface area contributed by atoms with Crippen LogP contribution in [0.1, 0.15) is 19.2 Å². The Bertz CT molecular complexity index is 790. The third-order valence-electron chi connectivity index (χ3n) is 3.41. The Morgan fingerprint density at radius 1 is 1.33 bits per heavy atom. The molecule has 2 heterocycles. The first-order chi connectivity index (χ1) is 10.2. The molecule has 0 unspecified atom stereocenters. The van der Waals surface area contributed by atoms with Gasteiger partial charge in [-0.15, -0.1) is 0 Å². The molecular formula is C14H15N5O2. The van der Waals surface area contributed by atoms with Crippen molar-refractivity contribution in [1.29, 1.82) is 0 Å². The molecule has 0 saturated heterocycles. The summed E-state index contributed by atoms with van der Waals surface area (Å²) in [6.45, 7) is 3.33. The molecule has 0 aliphatic rings. The fraction of sp³-hybridized carbons (Fsp3) is 0.286. The van der Waals surface area contributed by atoms with E-state index in [1.165, 1.54) is 12.4 Å². The van der Waals surface area contributed by atoms with E-state index in [9.17, 15) is 10.1 Å². The van der Waals surface area contributed by atoms with Crippen molar-refractivity contribution in [1.82, 2.24) is 19.3 Å². The van der Waals surface area contributed by atoms with Gasteiger partial charge in [0.2, 0.25) is 0 Å². The second kappa shape index (κ2) is 5.35. The van der Waals surface area contributed by atoms with Crippen molar-refractivity contribution in [3.63, 3.8) is 0 Å². The molecule has 21 heavy (non-hydrogen) atoms. The van der Waals surface area contributed by atoms with Gasteiger partial charge >= 0.3 is 0 Å². The van der Waals surface area contributed by atoms with Crippen LogP contribution in [0, 0.1) is 10.1 Å². The van der Waals surface area contributed by atoms with E-state index < -0.39 is 0 Å². The molecule has 0 amide bonds. The summed E-state index contributed by atoms with van der Waals surface area (Å²) in [7, 11) is 0. The number of aromatic nitrogens is 4. The van der Waals surface area contributed by atoms with Gasteiger partial charge in [0.1, 0.15) is 17.7 Å². The van der Waals surface area contributed by atoms with Gasteiger partial charge in [0, 0.05) is 24.2 Å². The van der Waals surface area contributed by atoms with Crippen LogP contribution in [-0.4, -0.2) is 24.3 Å². The zero-order chi connectivity index (χ0) is 14.8. The van der Waals surface area contributed by atoms with Crippen molar-refractivity contribution >= 4 is 16.6 Å². The molecule has 3 aromatic rings. The molecule has 0 aliphatic carbocycles. The van der Waals surface area contributed by atoms with Crippen LogP contribution in [0.4, 0.5) is 5.69 Å². The van der Waals surface area contributed by atoms with Gasteiger partial charge in [0.15, 0.2) is 0 Å². The molecule has 0 atom stereocenters. The summed E-state index contributed by atoms with van der Waals surface area (Å²) in [5, 5.41) is 16.2. The first-order valence-corrected chi connectivity index (χ1v) is 6.79. The lowest BCUT2D eigenvalue weighted by Gasteiger charge is -2.07. The summed E-state index contributed by atoms with van der Waals surface area (Å²) >= 11 is 0. The van der Waals surface area contributed by atoms with Gasteiger partial charge in [-0.1, -0.05) is 19.1 Å². The highest BCUT2D eigenvalue weighted by molar-refractivity contribution is 5.88. The summed E-state index contributed by atoms with van der Waals surface area (Å²) < 4.78 is 3.68. The van der Waals surface area contributed by atoms with E-state index in [0.29, 0.717) is 12.1 Å². The minimum atomic E-state index is -0.352. The topological polar surface area (TPSA) is 78.8 Å². The second-order valence-electron chi connectivity index (χ2n) is 4.82. The maximum atomic E-state index is 11.2. The zero-order valence-electron chi connectivity index (χ0n) is 11.6. The number of nitrogens with zero attached hydrogens (tertiary/aromatic N) is 5. The number of nitro benzene ring substituents is 1. The number of nitro groups is 1. The highest BCUT2D eigenvalue weighted by Gasteiger charge is 2.16. The molecule has 2 aromatic heterocycles. The van der Waals surface area contributed by atoms with Crippen molar-refractivity contribution < 1.29 is 4.92 Å². The van der Waals surface area contributed by atoms with Gasteiger partial charge in [-0.2, -0.15) is 5.10 Å². The van der Waals surface area contributed by atoms with E-state index in [2.05, 4.69) is 17.0 Å². The van der Waals surface area contributed by atoms with E-state index in [1.807, 2.05) is 27.6 Å². The largest absolute Gasteiger partial charge is 0.334 e. The maximum absolute atomic E-state index is 11.2. The van der Waals surface area contributed by atoms with Crippen molar-refractivity contribution in [3.05, 3.63) is 52.7 Å². The first kappa shape index (κ1) is 13.3. The van der Waals surface area contributed by atoms with Crippen LogP contribution in [0.2, 0.25) is 0 Å². The van der Waals surface area contributed by atoms with Crippen LogP contribution in [0.5, 0.6) is 0 Å². The molecule has 7 nitrogen and oxygen atoms in total. The average Bonchev–Trinajstić information content (AvgIpc) is 3.07. The lowest BCUT2D eigenvalue weighted by molar-refractivity contribution is -0.383. The zero-order valence-corrected chi connectivity index (χ0v) is 11.6. The predicted molar refractivity (Wildman–Crippen MR) is 78.0 cm³/mol. The molecule has 1 aromatic carbocycles. The smallest absolute Gasteiger partial charge is 0.293 e.